The molecule has 0 aromatic heterocycles. The van der Waals surface area contributed by atoms with Gasteiger partial charge in [0, 0.05) is 16.8 Å². The van der Waals surface area contributed by atoms with Gasteiger partial charge in [0.05, 0.1) is 11.5 Å². The first-order chi connectivity index (χ1) is 16.9. The highest BCUT2D eigenvalue weighted by molar-refractivity contribution is 7.92. The molecule has 0 fully saturated rings. The highest BCUT2D eigenvalue weighted by Crippen LogP contribution is 2.25. The molecule has 180 valence electrons. The Morgan fingerprint density at radius 2 is 1.63 bits per heavy atom. The van der Waals surface area contributed by atoms with Crippen LogP contribution >= 0.6 is 0 Å². The first-order valence-electron chi connectivity index (χ1n) is 11.1. The van der Waals surface area contributed by atoms with Crippen LogP contribution in [0.3, 0.4) is 0 Å². The summed E-state index contributed by atoms with van der Waals surface area (Å²) in [6.07, 6.45) is 0. The molecule has 0 saturated heterocycles. The van der Waals surface area contributed by atoms with Gasteiger partial charge in [-0.1, -0.05) is 36.4 Å². The number of nitrogens with one attached hydrogen (secondary N) is 2. The number of carbonyl (C=O) groups is 1. The van der Waals surface area contributed by atoms with Gasteiger partial charge in [0.1, 0.15) is 11.5 Å². The quantitative estimate of drug-likeness (QED) is 0.329. The fraction of sp³-hybridized carbons (Fsp3) is 0.148. The summed E-state index contributed by atoms with van der Waals surface area (Å²) in [4.78, 5) is 12.6. The lowest BCUT2D eigenvalue weighted by molar-refractivity contribution is -0.118. The van der Waals surface area contributed by atoms with E-state index in [2.05, 4.69) is 10.0 Å². The molecule has 0 aliphatic rings. The minimum Gasteiger partial charge on any atom is -0.494 e. The number of rotatable bonds is 9. The monoisotopic (exact) mass is 490 g/mol. The molecule has 4 aromatic rings. The van der Waals surface area contributed by atoms with Crippen molar-refractivity contribution in [2.45, 2.75) is 18.7 Å². The van der Waals surface area contributed by atoms with Crippen molar-refractivity contribution in [2.75, 3.05) is 23.3 Å². The van der Waals surface area contributed by atoms with Crippen molar-refractivity contribution in [3.8, 4) is 11.5 Å². The Labute approximate surface area is 204 Å². The number of carbonyl (C=O) groups excluding carboxylic acids is 1. The molecule has 0 unspecified atom stereocenters. The summed E-state index contributed by atoms with van der Waals surface area (Å²) in [5.41, 5.74) is 1.73. The zero-order valence-corrected chi connectivity index (χ0v) is 20.3. The summed E-state index contributed by atoms with van der Waals surface area (Å²) >= 11 is 0. The van der Waals surface area contributed by atoms with Crippen LogP contribution in [0.5, 0.6) is 11.5 Å². The van der Waals surface area contributed by atoms with Gasteiger partial charge in [0.2, 0.25) is 0 Å². The molecule has 0 aliphatic carbocycles. The van der Waals surface area contributed by atoms with Crippen LogP contribution in [0.25, 0.3) is 10.8 Å². The maximum absolute atomic E-state index is 12.8. The first-order valence-corrected chi connectivity index (χ1v) is 12.6. The summed E-state index contributed by atoms with van der Waals surface area (Å²) in [6.45, 7) is 3.93. The lowest BCUT2D eigenvalue weighted by Crippen LogP contribution is -2.20. The Morgan fingerprint density at radius 1 is 0.886 bits per heavy atom. The normalized spacial score (nSPS) is 11.1. The van der Waals surface area contributed by atoms with E-state index in [1.54, 1.807) is 37.3 Å². The van der Waals surface area contributed by atoms with Gasteiger partial charge in [-0.2, -0.15) is 0 Å². The Balaban J connectivity index is 1.39. The summed E-state index contributed by atoms with van der Waals surface area (Å²) in [5.74, 6) is 0.782. The van der Waals surface area contributed by atoms with Gasteiger partial charge in [-0.15, -0.1) is 0 Å². The molecule has 4 aromatic carbocycles. The van der Waals surface area contributed by atoms with Crippen LogP contribution in [-0.4, -0.2) is 27.5 Å². The van der Waals surface area contributed by atoms with Crippen LogP contribution in [-0.2, 0) is 14.8 Å². The van der Waals surface area contributed by atoms with E-state index in [9.17, 15) is 13.2 Å². The molecule has 35 heavy (non-hydrogen) atoms. The van der Waals surface area contributed by atoms with Gasteiger partial charge in [-0.3, -0.25) is 9.52 Å². The summed E-state index contributed by atoms with van der Waals surface area (Å²) in [7, 11) is -3.80. The average molecular weight is 491 g/mol. The molecule has 0 saturated carbocycles. The van der Waals surface area contributed by atoms with Gasteiger partial charge < -0.3 is 14.8 Å². The number of ether oxygens (including phenoxy) is 2. The standard InChI is InChI=1S/C27H26N2O5S/c1-3-33-22-13-11-21(12-14-22)29-35(31,32)23-15-16-26(19(2)17-23)34-18-27(30)28-25-10-6-8-20-7-4-5-9-24(20)25/h4-17,29H,3,18H2,1-2H3,(H,28,30). The van der Waals surface area contributed by atoms with E-state index in [1.165, 1.54) is 12.1 Å². The minimum atomic E-state index is -3.80. The largest absolute Gasteiger partial charge is 0.494 e. The predicted octanol–water partition coefficient (Wildman–Crippen LogP) is 5.37. The second kappa shape index (κ2) is 10.5. The molecule has 4 rings (SSSR count). The summed E-state index contributed by atoms with van der Waals surface area (Å²) in [5, 5.41) is 4.84. The van der Waals surface area contributed by atoms with Crippen molar-refractivity contribution in [2.24, 2.45) is 0 Å². The molecule has 0 heterocycles. The van der Waals surface area contributed by atoms with Crippen LogP contribution in [0.4, 0.5) is 11.4 Å². The van der Waals surface area contributed by atoms with E-state index in [0.717, 1.165) is 10.8 Å². The Kier molecular flexibility index (Phi) is 7.22. The van der Waals surface area contributed by atoms with E-state index in [1.807, 2.05) is 49.4 Å². The zero-order chi connectivity index (χ0) is 24.8. The van der Waals surface area contributed by atoms with Crippen molar-refractivity contribution >= 4 is 38.1 Å². The highest BCUT2D eigenvalue weighted by Gasteiger charge is 2.16. The minimum absolute atomic E-state index is 0.0939. The SMILES string of the molecule is CCOc1ccc(NS(=O)(=O)c2ccc(OCC(=O)Nc3cccc4ccccc34)c(C)c2)cc1. The van der Waals surface area contributed by atoms with Crippen molar-refractivity contribution < 1.29 is 22.7 Å². The smallest absolute Gasteiger partial charge is 0.262 e. The fourth-order valence-corrected chi connectivity index (χ4v) is 4.76. The number of amides is 1. The fourth-order valence-electron chi connectivity index (χ4n) is 3.61. The van der Waals surface area contributed by atoms with Gasteiger partial charge in [-0.25, -0.2) is 8.42 Å². The molecule has 7 nitrogen and oxygen atoms in total. The van der Waals surface area contributed by atoms with Gasteiger partial charge in [0.15, 0.2) is 6.61 Å². The Morgan fingerprint density at radius 3 is 2.37 bits per heavy atom. The molecule has 0 spiro atoms. The van der Waals surface area contributed by atoms with Crippen LogP contribution in [0, 0.1) is 6.92 Å². The molecular weight excluding hydrogens is 464 g/mol. The maximum Gasteiger partial charge on any atom is 0.262 e. The second-order valence-corrected chi connectivity index (χ2v) is 9.54. The van der Waals surface area contributed by atoms with Gasteiger partial charge in [-0.05, 0) is 73.3 Å². The number of hydrogen-bond donors (Lipinski definition) is 2. The van der Waals surface area contributed by atoms with Gasteiger partial charge in [0.25, 0.3) is 15.9 Å². The number of hydrogen-bond acceptors (Lipinski definition) is 5. The van der Waals surface area contributed by atoms with Crippen LogP contribution in [0.15, 0.2) is 89.8 Å². The Hall–Kier alpha value is -4.04. The van der Waals surface area contributed by atoms with E-state index in [-0.39, 0.29) is 17.4 Å². The van der Waals surface area contributed by atoms with E-state index in [0.29, 0.717) is 35.0 Å². The molecule has 0 aliphatic heterocycles. The van der Waals surface area contributed by atoms with Crippen molar-refractivity contribution in [3.63, 3.8) is 0 Å². The zero-order valence-electron chi connectivity index (χ0n) is 19.4. The third-order valence-electron chi connectivity index (χ3n) is 5.30. The molecule has 0 radical (unpaired) electrons. The molecule has 0 bridgehead atoms. The number of sulfonamides is 1. The molecule has 0 atom stereocenters. The average Bonchev–Trinajstić information content (AvgIpc) is 2.85. The van der Waals surface area contributed by atoms with Crippen LogP contribution in [0.1, 0.15) is 12.5 Å². The highest BCUT2D eigenvalue weighted by atomic mass is 32.2. The number of anilines is 2. The maximum atomic E-state index is 12.8. The van der Waals surface area contributed by atoms with Crippen LogP contribution in [0.2, 0.25) is 0 Å². The predicted molar refractivity (Wildman–Crippen MR) is 138 cm³/mol. The topological polar surface area (TPSA) is 93.7 Å². The lowest BCUT2D eigenvalue weighted by atomic mass is 10.1. The van der Waals surface area contributed by atoms with E-state index >= 15 is 0 Å². The number of fused-ring (bicyclic) bond motifs is 1. The Bertz CT molecular complexity index is 1450. The number of aryl methyl sites for hydroxylation is 1. The lowest BCUT2D eigenvalue weighted by Gasteiger charge is -2.13. The third-order valence-corrected chi connectivity index (χ3v) is 6.68. The van der Waals surface area contributed by atoms with E-state index < -0.39 is 10.0 Å². The summed E-state index contributed by atoms with van der Waals surface area (Å²) < 4.78 is 39.2. The number of benzene rings is 4. The third kappa shape index (κ3) is 5.91. The van der Waals surface area contributed by atoms with Crippen LogP contribution < -0.4 is 19.5 Å². The van der Waals surface area contributed by atoms with Crippen molar-refractivity contribution in [1.82, 2.24) is 0 Å². The van der Waals surface area contributed by atoms with Crippen molar-refractivity contribution in [3.05, 3.63) is 90.5 Å². The summed E-state index contributed by atoms with van der Waals surface area (Å²) in [6, 6.07) is 24.7. The first kappa shape index (κ1) is 24.1. The molecule has 8 heteroatoms. The molecule has 1 amide bonds. The van der Waals surface area contributed by atoms with Crippen molar-refractivity contribution in [1.29, 1.82) is 0 Å². The molecular formula is C27H26N2O5S. The van der Waals surface area contributed by atoms with Gasteiger partial charge >= 0.3 is 0 Å². The van der Waals surface area contributed by atoms with E-state index in [4.69, 9.17) is 9.47 Å². The second-order valence-electron chi connectivity index (χ2n) is 7.85. The molecule has 2 N–H and O–H groups in total.